The molecule has 6 heteroatoms. The van der Waals surface area contributed by atoms with Gasteiger partial charge in [-0.2, -0.15) is 0 Å². The number of halogens is 2. The zero-order valence-corrected chi connectivity index (χ0v) is 15.1. The van der Waals surface area contributed by atoms with E-state index in [4.69, 9.17) is 9.97 Å². The lowest BCUT2D eigenvalue weighted by atomic mass is 10.1. The van der Waals surface area contributed by atoms with Crippen molar-refractivity contribution in [1.82, 2.24) is 15.3 Å². The second-order valence-electron chi connectivity index (χ2n) is 6.63. The highest BCUT2D eigenvalue weighted by atomic mass is 35.5. The topological polar surface area (TPSA) is 41.1 Å². The van der Waals surface area contributed by atoms with Crippen LogP contribution in [0.5, 0.6) is 0 Å². The van der Waals surface area contributed by atoms with Gasteiger partial charge in [0.2, 0.25) is 0 Å². The minimum atomic E-state index is -0.739. The molecule has 1 atom stereocenters. The van der Waals surface area contributed by atoms with Gasteiger partial charge in [0, 0.05) is 31.5 Å². The molecule has 2 aliphatic heterocycles. The number of benzene rings is 1. The van der Waals surface area contributed by atoms with Crippen molar-refractivity contribution in [3.05, 3.63) is 53.0 Å². The van der Waals surface area contributed by atoms with E-state index in [2.05, 4.69) is 22.3 Å². The number of fused-ring (bicyclic) bond motifs is 1. The van der Waals surface area contributed by atoms with E-state index in [1.807, 2.05) is 18.2 Å². The fraction of sp³-hybridized carbons (Fsp3) is 0.474. The zero-order valence-electron chi connectivity index (χ0n) is 14.2. The fourth-order valence-electron chi connectivity index (χ4n) is 3.60. The van der Waals surface area contributed by atoms with Gasteiger partial charge < -0.3 is 10.2 Å². The Bertz CT molecular complexity index is 710. The molecule has 0 spiro atoms. The SMILES string of the molecule is Cl.FC1CCN(c2nc(Cc3ccccc3)nc3c2CCNCC3)C1. The Morgan fingerprint density at radius 3 is 2.68 bits per heavy atom. The van der Waals surface area contributed by atoms with Crippen LogP contribution in [0.4, 0.5) is 10.2 Å². The number of nitrogens with zero attached hydrogens (tertiary/aromatic N) is 3. The van der Waals surface area contributed by atoms with Crippen molar-refractivity contribution in [3.63, 3.8) is 0 Å². The van der Waals surface area contributed by atoms with Gasteiger partial charge in [-0.3, -0.25) is 0 Å². The summed E-state index contributed by atoms with van der Waals surface area (Å²) >= 11 is 0. The van der Waals surface area contributed by atoms with E-state index < -0.39 is 6.17 Å². The summed E-state index contributed by atoms with van der Waals surface area (Å²) in [5.74, 6) is 1.81. The summed E-state index contributed by atoms with van der Waals surface area (Å²) in [6.45, 7) is 3.10. The van der Waals surface area contributed by atoms with Gasteiger partial charge in [-0.05, 0) is 24.9 Å². The lowest BCUT2D eigenvalue weighted by Crippen LogP contribution is -2.25. The van der Waals surface area contributed by atoms with Gasteiger partial charge in [0.1, 0.15) is 17.8 Å². The molecule has 1 aromatic heterocycles. The van der Waals surface area contributed by atoms with Crippen LogP contribution in [-0.4, -0.2) is 42.3 Å². The van der Waals surface area contributed by atoms with E-state index in [0.717, 1.165) is 56.2 Å². The molecule has 134 valence electrons. The quantitative estimate of drug-likeness (QED) is 0.911. The molecule has 1 N–H and O–H groups in total. The summed E-state index contributed by atoms with van der Waals surface area (Å²) in [6, 6.07) is 10.3. The van der Waals surface area contributed by atoms with Crippen molar-refractivity contribution >= 4 is 18.2 Å². The maximum absolute atomic E-state index is 13.7. The summed E-state index contributed by atoms with van der Waals surface area (Å²) in [4.78, 5) is 11.8. The molecule has 1 aromatic carbocycles. The molecule has 1 saturated heterocycles. The number of alkyl halides is 1. The summed E-state index contributed by atoms with van der Waals surface area (Å²) in [6.07, 6.45) is 2.42. The van der Waals surface area contributed by atoms with Crippen LogP contribution in [0.1, 0.15) is 29.1 Å². The molecule has 1 unspecified atom stereocenters. The van der Waals surface area contributed by atoms with Gasteiger partial charge in [0.15, 0.2) is 0 Å². The van der Waals surface area contributed by atoms with Crippen molar-refractivity contribution in [3.8, 4) is 0 Å². The van der Waals surface area contributed by atoms with Crippen molar-refractivity contribution in [2.45, 2.75) is 31.9 Å². The third-order valence-electron chi connectivity index (χ3n) is 4.84. The van der Waals surface area contributed by atoms with Crippen LogP contribution in [0, 0.1) is 0 Å². The highest BCUT2D eigenvalue weighted by molar-refractivity contribution is 5.85. The lowest BCUT2D eigenvalue weighted by molar-refractivity contribution is 0.364. The van der Waals surface area contributed by atoms with Gasteiger partial charge >= 0.3 is 0 Å². The first kappa shape index (κ1) is 18.1. The number of anilines is 1. The average molecular weight is 363 g/mol. The van der Waals surface area contributed by atoms with Crippen molar-refractivity contribution in [2.75, 3.05) is 31.1 Å². The molecule has 4 nitrogen and oxygen atoms in total. The number of nitrogens with one attached hydrogen (secondary N) is 1. The largest absolute Gasteiger partial charge is 0.353 e. The van der Waals surface area contributed by atoms with Crippen LogP contribution in [0.2, 0.25) is 0 Å². The van der Waals surface area contributed by atoms with E-state index >= 15 is 0 Å². The minimum Gasteiger partial charge on any atom is -0.353 e. The van der Waals surface area contributed by atoms with Crippen molar-refractivity contribution in [2.24, 2.45) is 0 Å². The predicted molar refractivity (Wildman–Crippen MR) is 101 cm³/mol. The molecule has 3 heterocycles. The summed E-state index contributed by atoms with van der Waals surface area (Å²) in [5, 5.41) is 3.43. The van der Waals surface area contributed by atoms with Crippen molar-refractivity contribution < 1.29 is 4.39 Å². The lowest BCUT2D eigenvalue weighted by Gasteiger charge is -2.22. The van der Waals surface area contributed by atoms with E-state index in [1.54, 1.807) is 0 Å². The van der Waals surface area contributed by atoms with Gasteiger partial charge in [-0.15, -0.1) is 12.4 Å². The van der Waals surface area contributed by atoms with Crippen molar-refractivity contribution in [1.29, 1.82) is 0 Å². The smallest absolute Gasteiger partial charge is 0.135 e. The van der Waals surface area contributed by atoms with Crippen LogP contribution >= 0.6 is 12.4 Å². The van der Waals surface area contributed by atoms with Crippen LogP contribution in [0.3, 0.4) is 0 Å². The molecule has 0 aliphatic carbocycles. The molecule has 0 saturated carbocycles. The predicted octanol–water partition coefficient (Wildman–Crippen LogP) is 2.73. The van der Waals surface area contributed by atoms with Gasteiger partial charge in [0.25, 0.3) is 0 Å². The molecule has 25 heavy (non-hydrogen) atoms. The maximum Gasteiger partial charge on any atom is 0.135 e. The standard InChI is InChI=1S/C19H23FN4.ClH/c20-15-8-11-24(13-15)19-16-6-9-21-10-7-17(16)22-18(23-19)12-14-4-2-1-3-5-14;/h1-5,15,21H,6-13H2;1H. The maximum atomic E-state index is 13.7. The van der Waals surface area contributed by atoms with E-state index in [1.165, 1.54) is 11.1 Å². The third-order valence-corrected chi connectivity index (χ3v) is 4.84. The van der Waals surface area contributed by atoms with E-state index in [9.17, 15) is 4.39 Å². The normalized spacial score (nSPS) is 19.9. The zero-order chi connectivity index (χ0) is 16.4. The number of aromatic nitrogens is 2. The molecular formula is C19H24ClFN4. The first-order valence-corrected chi connectivity index (χ1v) is 8.82. The Kier molecular flexibility index (Phi) is 5.86. The number of hydrogen-bond donors (Lipinski definition) is 1. The molecule has 0 amide bonds. The Balaban J connectivity index is 0.00000182. The minimum absolute atomic E-state index is 0. The fourth-order valence-corrected chi connectivity index (χ4v) is 3.60. The Labute approximate surface area is 154 Å². The Hall–Kier alpha value is -1.72. The van der Waals surface area contributed by atoms with Crippen LogP contribution < -0.4 is 10.2 Å². The first-order valence-electron chi connectivity index (χ1n) is 8.82. The molecule has 0 radical (unpaired) electrons. The average Bonchev–Trinajstić information content (AvgIpc) is 2.89. The summed E-state index contributed by atoms with van der Waals surface area (Å²) in [5.41, 5.74) is 3.56. The van der Waals surface area contributed by atoms with Crippen LogP contribution in [0.25, 0.3) is 0 Å². The van der Waals surface area contributed by atoms with Gasteiger partial charge in [-0.1, -0.05) is 30.3 Å². The Morgan fingerprint density at radius 1 is 1.12 bits per heavy atom. The molecule has 0 bridgehead atoms. The molecular weight excluding hydrogens is 339 g/mol. The number of hydrogen-bond acceptors (Lipinski definition) is 4. The van der Waals surface area contributed by atoms with Gasteiger partial charge in [0.05, 0.1) is 12.2 Å². The molecule has 4 rings (SSSR count). The third kappa shape index (κ3) is 4.10. The van der Waals surface area contributed by atoms with E-state index in [0.29, 0.717) is 13.0 Å². The van der Waals surface area contributed by atoms with Crippen LogP contribution in [-0.2, 0) is 19.3 Å². The van der Waals surface area contributed by atoms with Crippen LogP contribution in [0.15, 0.2) is 30.3 Å². The summed E-state index contributed by atoms with van der Waals surface area (Å²) < 4.78 is 13.7. The number of rotatable bonds is 3. The molecule has 2 aliphatic rings. The highest BCUT2D eigenvalue weighted by Gasteiger charge is 2.27. The first-order chi connectivity index (χ1) is 11.8. The summed E-state index contributed by atoms with van der Waals surface area (Å²) in [7, 11) is 0. The van der Waals surface area contributed by atoms with E-state index in [-0.39, 0.29) is 12.4 Å². The second-order valence-corrected chi connectivity index (χ2v) is 6.63. The molecule has 2 aromatic rings. The Morgan fingerprint density at radius 2 is 1.92 bits per heavy atom. The monoisotopic (exact) mass is 362 g/mol. The molecule has 1 fully saturated rings. The van der Waals surface area contributed by atoms with Gasteiger partial charge in [-0.25, -0.2) is 14.4 Å². The highest BCUT2D eigenvalue weighted by Crippen LogP contribution is 2.28. The second kappa shape index (κ2) is 8.11.